The van der Waals surface area contributed by atoms with Crippen LogP contribution >= 0.6 is 0 Å². The van der Waals surface area contributed by atoms with Gasteiger partial charge >= 0.3 is 5.97 Å². The van der Waals surface area contributed by atoms with Gasteiger partial charge in [0.15, 0.2) is 5.82 Å². The minimum absolute atomic E-state index is 0.167. The van der Waals surface area contributed by atoms with Gasteiger partial charge in [-0.25, -0.2) is 14.5 Å². The number of carboxylic acid groups (broad SMARTS) is 1. The number of pyridine rings is 1. The van der Waals surface area contributed by atoms with E-state index in [4.69, 9.17) is 4.74 Å². The maximum absolute atomic E-state index is 11.2. The molecule has 122 valence electrons. The lowest BCUT2D eigenvalue weighted by atomic mass is 10.1. The zero-order valence-electron chi connectivity index (χ0n) is 13.6. The predicted molar refractivity (Wildman–Crippen MR) is 89.8 cm³/mol. The van der Waals surface area contributed by atoms with E-state index < -0.39 is 5.97 Å². The Morgan fingerprint density at radius 1 is 1.17 bits per heavy atom. The van der Waals surface area contributed by atoms with Crippen molar-refractivity contribution in [2.24, 2.45) is 0 Å². The number of hydrogen-bond acceptors (Lipinski definition) is 4. The van der Waals surface area contributed by atoms with E-state index in [0.29, 0.717) is 5.82 Å². The van der Waals surface area contributed by atoms with Crippen molar-refractivity contribution in [3.63, 3.8) is 0 Å². The van der Waals surface area contributed by atoms with E-state index in [9.17, 15) is 9.90 Å². The van der Waals surface area contributed by atoms with E-state index in [1.807, 2.05) is 32.0 Å². The lowest BCUT2D eigenvalue weighted by molar-refractivity contribution is 0.0696. The maximum Gasteiger partial charge on any atom is 0.335 e. The van der Waals surface area contributed by atoms with Crippen LogP contribution in [0.4, 0.5) is 0 Å². The molecule has 6 heteroatoms. The summed E-state index contributed by atoms with van der Waals surface area (Å²) in [4.78, 5) is 15.4. The third-order valence-electron chi connectivity index (χ3n) is 3.84. The van der Waals surface area contributed by atoms with Crippen molar-refractivity contribution in [2.45, 2.75) is 13.8 Å². The van der Waals surface area contributed by atoms with Crippen molar-refractivity contribution in [1.82, 2.24) is 14.8 Å². The molecule has 0 unspecified atom stereocenters. The molecule has 2 aromatic heterocycles. The second kappa shape index (κ2) is 6.16. The van der Waals surface area contributed by atoms with Gasteiger partial charge in [0.1, 0.15) is 5.75 Å². The van der Waals surface area contributed by atoms with Crippen LogP contribution in [-0.2, 0) is 0 Å². The van der Waals surface area contributed by atoms with Gasteiger partial charge in [0, 0.05) is 11.8 Å². The first-order valence-electron chi connectivity index (χ1n) is 7.40. The van der Waals surface area contributed by atoms with Gasteiger partial charge in [0.2, 0.25) is 0 Å². The average molecular weight is 323 g/mol. The molecule has 1 aromatic carbocycles. The largest absolute Gasteiger partial charge is 0.496 e. The number of aromatic nitrogens is 3. The lowest BCUT2D eigenvalue weighted by Gasteiger charge is -2.11. The number of ether oxygens (including phenoxy) is 1. The molecule has 0 aliphatic rings. The van der Waals surface area contributed by atoms with Crippen LogP contribution in [0.5, 0.6) is 5.75 Å². The highest BCUT2D eigenvalue weighted by atomic mass is 16.5. The Morgan fingerprint density at radius 3 is 2.67 bits per heavy atom. The third kappa shape index (κ3) is 2.74. The molecular formula is C18H17N3O3. The molecule has 0 fully saturated rings. The minimum Gasteiger partial charge on any atom is -0.496 e. The predicted octanol–water partition coefficient (Wildman–Crippen LogP) is 3.26. The van der Waals surface area contributed by atoms with Gasteiger partial charge in [-0.15, -0.1) is 0 Å². The standard InChI is InChI=1S/C18H17N3O3/c1-11-4-5-13(8-15(11)24-3)17-12(2)10-20-21(17)16-9-14(18(22)23)6-7-19-16/h4-10H,1-3H3,(H,22,23). The highest BCUT2D eigenvalue weighted by Gasteiger charge is 2.15. The minimum atomic E-state index is -0.999. The van der Waals surface area contributed by atoms with E-state index >= 15 is 0 Å². The maximum atomic E-state index is 11.2. The van der Waals surface area contributed by atoms with Gasteiger partial charge < -0.3 is 9.84 Å². The number of carboxylic acids is 1. The zero-order valence-corrected chi connectivity index (χ0v) is 13.6. The Kier molecular flexibility index (Phi) is 4.04. The number of carbonyl (C=O) groups is 1. The number of methoxy groups -OCH3 is 1. The summed E-state index contributed by atoms with van der Waals surface area (Å²) in [5, 5.41) is 13.5. The van der Waals surface area contributed by atoms with Crippen molar-refractivity contribution < 1.29 is 14.6 Å². The molecule has 0 amide bonds. The highest BCUT2D eigenvalue weighted by molar-refractivity contribution is 5.88. The Bertz CT molecular complexity index is 916. The second-order valence-electron chi connectivity index (χ2n) is 5.48. The molecule has 3 aromatic rings. The van der Waals surface area contributed by atoms with Crippen molar-refractivity contribution in [1.29, 1.82) is 0 Å². The molecule has 24 heavy (non-hydrogen) atoms. The second-order valence-corrected chi connectivity index (χ2v) is 5.48. The van der Waals surface area contributed by atoms with Crippen LogP contribution in [-0.4, -0.2) is 33.0 Å². The van der Waals surface area contributed by atoms with Crippen LogP contribution in [0.25, 0.3) is 17.1 Å². The number of aryl methyl sites for hydroxylation is 2. The molecule has 0 bridgehead atoms. The van der Waals surface area contributed by atoms with Crippen molar-refractivity contribution >= 4 is 5.97 Å². The van der Waals surface area contributed by atoms with Crippen molar-refractivity contribution in [3.05, 3.63) is 59.4 Å². The van der Waals surface area contributed by atoms with E-state index in [2.05, 4.69) is 10.1 Å². The Morgan fingerprint density at radius 2 is 1.96 bits per heavy atom. The van der Waals surface area contributed by atoms with Crippen molar-refractivity contribution in [3.8, 4) is 22.8 Å². The SMILES string of the molecule is COc1cc(-c2c(C)cnn2-c2cc(C(=O)O)ccn2)ccc1C. The van der Waals surface area contributed by atoms with Crippen molar-refractivity contribution in [2.75, 3.05) is 7.11 Å². The number of rotatable bonds is 4. The third-order valence-corrected chi connectivity index (χ3v) is 3.84. The molecule has 0 aliphatic carbocycles. The van der Waals surface area contributed by atoms with Gasteiger partial charge in [-0.3, -0.25) is 0 Å². The van der Waals surface area contributed by atoms with E-state index in [1.165, 1.54) is 18.3 Å². The molecule has 3 rings (SSSR count). The molecule has 0 radical (unpaired) electrons. The van der Waals surface area contributed by atoms with Crippen LogP contribution in [0.1, 0.15) is 21.5 Å². The summed E-state index contributed by atoms with van der Waals surface area (Å²) in [6.45, 7) is 3.93. The molecule has 0 spiro atoms. The Balaban J connectivity index is 2.16. The first kappa shape index (κ1) is 15.7. The molecule has 2 heterocycles. The van der Waals surface area contributed by atoms with Crippen LogP contribution in [0, 0.1) is 13.8 Å². The summed E-state index contributed by atoms with van der Waals surface area (Å²) in [6, 6.07) is 8.86. The summed E-state index contributed by atoms with van der Waals surface area (Å²) < 4.78 is 7.04. The summed E-state index contributed by atoms with van der Waals surface area (Å²) in [6.07, 6.45) is 3.20. The van der Waals surface area contributed by atoms with Gasteiger partial charge in [0.25, 0.3) is 0 Å². The molecule has 1 N–H and O–H groups in total. The highest BCUT2D eigenvalue weighted by Crippen LogP contribution is 2.30. The Hall–Kier alpha value is -3.15. The molecule has 0 saturated heterocycles. The first-order valence-corrected chi connectivity index (χ1v) is 7.40. The van der Waals surface area contributed by atoms with Crippen LogP contribution in [0.3, 0.4) is 0 Å². The molecule has 6 nitrogen and oxygen atoms in total. The van der Waals surface area contributed by atoms with Crippen LogP contribution in [0.2, 0.25) is 0 Å². The fraction of sp³-hybridized carbons (Fsp3) is 0.167. The molecule has 0 atom stereocenters. The first-order chi connectivity index (χ1) is 11.5. The average Bonchev–Trinajstić information content (AvgIpc) is 2.97. The topological polar surface area (TPSA) is 77.2 Å². The van der Waals surface area contributed by atoms with Crippen LogP contribution < -0.4 is 4.74 Å². The smallest absolute Gasteiger partial charge is 0.335 e. The van der Waals surface area contributed by atoms with Crippen LogP contribution in [0.15, 0.2) is 42.7 Å². The monoisotopic (exact) mass is 323 g/mol. The lowest BCUT2D eigenvalue weighted by Crippen LogP contribution is -2.05. The molecule has 0 saturated carbocycles. The number of nitrogens with zero attached hydrogens (tertiary/aromatic N) is 3. The Labute approximate surface area is 139 Å². The fourth-order valence-electron chi connectivity index (χ4n) is 2.59. The van der Waals surface area contributed by atoms with Gasteiger partial charge in [-0.2, -0.15) is 5.10 Å². The fourth-order valence-corrected chi connectivity index (χ4v) is 2.59. The quantitative estimate of drug-likeness (QED) is 0.797. The molecule has 0 aliphatic heterocycles. The summed E-state index contributed by atoms with van der Waals surface area (Å²) >= 11 is 0. The van der Waals surface area contributed by atoms with Gasteiger partial charge in [-0.05, 0) is 43.2 Å². The molecular weight excluding hydrogens is 306 g/mol. The van der Waals surface area contributed by atoms with E-state index in [1.54, 1.807) is 18.0 Å². The summed E-state index contributed by atoms with van der Waals surface area (Å²) in [5.41, 5.74) is 3.94. The summed E-state index contributed by atoms with van der Waals surface area (Å²) in [5.74, 6) is 0.241. The normalized spacial score (nSPS) is 10.6. The van der Waals surface area contributed by atoms with Gasteiger partial charge in [-0.1, -0.05) is 12.1 Å². The number of aromatic carboxylic acids is 1. The van der Waals surface area contributed by atoms with E-state index in [0.717, 1.165) is 28.1 Å². The zero-order chi connectivity index (χ0) is 17.3. The van der Waals surface area contributed by atoms with E-state index in [-0.39, 0.29) is 5.56 Å². The number of benzene rings is 1. The summed E-state index contributed by atoms with van der Waals surface area (Å²) in [7, 11) is 1.63. The van der Waals surface area contributed by atoms with Gasteiger partial charge in [0.05, 0.1) is 24.6 Å². The number of hydrogen-bond donors (Lipinski definition) is 1.